The van der Waals surface area contributed by atoms with Crippen LogP contribution < -0.4 is 51.4 Å². The maximum absolute atomic E-state index is 0. The molecule has 0 rings (SSSR count). The van der Waals surface area contributed by atoms with Crippen molar-refractivity contribution in [2.24, 2.45) is 0 Å². The van der Waals surface area contributed by atoms with Gasteiger partial charge < -0.3 is 21.9 Å². The van der Waals surface area contributed by atoms with Gasteiger partial charge in [-0.1, -0.05) is 0 Å². The van der Waals surface area contributed by atoms with E-state index in [0.29, 0.717) is 0 Å². The van der Waals surface area contributed by atoms with Crippen LogP contribution in [0.2, 0.25) is 0 Å². The van der Waals surface area contributed by atoms with Crippen LogP contribution in [0.25, 0.3) is 0 Å². The van der Waals surface area contributed by atoms with Crippen molar-refractivity contribution in [2.45, 2.75) is 0 Å². The van der Waals surface area contributed by atoms with E-state index >= 15 is 0 Å². The summed E-state index contributed by atoms with van der Waals surface area (Å²) in [6.07, 6.45) is 0. The molecular formula is KO4Os-7. The first kappa shape index (κ1) is 92.0. The fourth-order valence-corrected chi connectivity index (χ4v) is 0. The van der Waals surface area contributed by atoms with Gasteiger partial charge in [0.1, 0.15) is 0 Å². The van der Waals surface area contributed by atoms with E-state index in [9.17, 15) is 0 Å². The van der Waals surface area contributed by atoms with Crippen LogP contribution >= 0.6 is 0 Å². The largest absolute Gasteiger partial charge is 2.00 e. The average Bonchev–Trinajstić information content (AvgIpc) is 0. The van der Waals surface area contributed by atoms with Crippen molar-refractivity contribution < 1.29 is 93.1 Å². The summed E-state index contributed by atoms with van der Waals surface area (Å²) < 4.78 is 0. The van der Waals surface area contributed by atoms with Gasteiger partial charge >= 0.3 is 51.4 Å². The molecule has 0 aromatic rings. The monoisotopic (exact) mass is 295 g/mol. The average molecular weight is 293 g/mol. The summed E-state index contributed by atoms with van der Waals surface area (Å²) in [5.74, 6) is 0. The van der Waals surface area contributed by atoms with Crippen LogP contribution in [0.5, 0.6) is 0 Å². The van der Waals surface area contributed by atoms with Gasteiger partial charge in [-0.3, -0.25) is 0 Å². The Morgan fingerprint density at radius 3 is 0.500 bits per heavy atom. The van der Waals surface area contributed by atoms with E-state index in [4.69, 9.17) is 0 Å². The number of rotatable bonds is 0. The zero-order valence-electron chi connectivity index (χ0n) is 2.99. The van der Waals surface area contributed by atoms with Crippen LogP contribution in [0.15, 0.2) is 0 Å². The first-order valence-corrected chi connectivity index (χ1v) is 0. The van der Waals surface area contributed by atoms with Crippen molar-refractivity contribution in [2.75, 3.05) is 0 Å². The van der Waals surface area contributed by atoms with Gasteiger partial charge in [0.15, 0.2) is 0 Å². The summed E-state index contributed by atoms with van der Waals surface area (Å²) in [6.45, 7) is 0. The molecule has 0 atom stereocenters. The molecule has 0 unspecified atom stereocenters. The van der Waals surface area contributed by atoms with E-state index in [2.05, 4.69) is 0 Å². The van der Waals surface area contributed by atoms with Gasteiger partial charge in [0.25, 0.3) is 0 Å². The molecule has 0 saturated heterocycles. The van der Waals surface area contributed by atoms with Crippen LogP contribution in [-0.4, -0.2) is 0 Å². The Morgan fingerprint density at radius 1 is 0.500 bits per heavy atom. The SMILES string of the molecule is [K+].[O-2].[O-2].[O-2].[O-2].[Os]. The smallest absolute Gasteiger partial charge is 1.00 e. The van der Waals surface area contributed by atoms with E-state index in [0.717, 1.165) is 0 Å². The Morgan fingerprint density at radius 2 is 0.500 bits per heavy atom. The molecule has 40 valence electrons. The van der Waals surface area contributed by atoms with Crippen molar-refractivity contribution in [1.82, 2.24) is 0 Å². The zero-order valence-corrected chi connectivity index (χ0v) is 8.65. The van der Waals surface area contributed by atoms with E-state index < -0.39 is 0 Å². The van der Waals surface area contributed by atoms with E-state index in [1.54, 1.807) is 0 Å². The van der Waals surface area contributed by atoms with Crippen molar-refractivity contribution >= 4 is 0 Å². The van der Waals surface area contributed by atoms with Gasteiger partial charge in [-0.2, -0.15) is 0 Å². The summed E-state index contributed by atoms with van der Waals surface area (Å²) in [4.78, 5) is 0. The molecule has 0 aromatic carbocycles. The topological polar surface area (TPSA) is 114 Å². The second kappa shape index (κ2) is 59.5. The minimum atomic E-state index is 0. The third kappa shape index (κ3) is 35.8. The maximum Gasteiger partial charge on any atom is 1.00 e. The van der Waals surface area contributed by atoms with Crippen LogP contribution in [0, 0.1) is 0 Å². The van der Waals surface area contributed by atoms with Gasteiger partial charge in [0.2, 0.25) is 0 Å². The van der Waals surface area contributed by atoms with Crippen molar-refractivity contribution in [3.63, 3.8) is 0 Å². The molecule has 4 nitrogen and oxygen atoms in total. The molecule has 0 aromatic heterocycles. The summed E-state index contributed by atoms with van der Waals surface area (Å²) in [5, 5.41) is 0. The van der Waals surface area contributed by atoms with Gasteiger partial charge in [0, 0.05) is 19.8 Å². The molecule has 0 N–H and O–H groups in total. The first-order valence-electron chi connectivity index (χ1n) is 0. The predicted molar refractivity (Wildman–Crippen MR) is 2.75 cm³/mol. The molecule has 0 bridgehead atoms. The second-order valence-corrected chi connectivity index (χ2v) is 0. The number of hydrogen-bond donors (Lipinski definition) is 0. The molecule has 0 saturated carbocycles. The Kier molecular flexibility index (Phi) is 912. The molecule has 0 aliphatic heterocycles. The van der Waals surface area contributed by atoms with Crippen LogP contribution in [0.4, 0.5) is 0 Å². The molecule has 0 amide bonds. The van der Waals surface area contributed by atoms with Crippen molar-refractivity contribution in [3.8, 4) is 0 Å². The Hall–Kier alpha value is 2.11. The maximum atomic E-state index is 0. The Balaban J connectivity index is 0. The van der Waals surface area contributed by atoms with Crippen molar-refractivity contribution in [1.29, 1.82) is 0 Å². The molecule has 6 heavy (non-hydrogen) atoms. The molecular weight excluding hydrogens is 293 g/mol. The van der Waals surface area contributed by atoms with Gasteiger partial charge in [-0.05, 0) is 0 Å². The first-order chi connectivity index (χ1) is 0. The van der Waals surface area contributed by atoms with Gasteiger partial charge in [-0.25, -0.2) is 0 Å². The zero-order chi connectivity index (χ0) is 0. The van der Waals surface area contributed by atoms with Crippen LogP contribution in [0.1, 0.15) is 0 Å². The molecule has 0 fully saturated rings. The molecule has 6 heteroatoms. The Labute approximate surface area is 91.4 Å². The molecule has 0 aliphatic carbocycles. The minimum Gasteiger partial charge on any atom is -2.00 e. The fourth-order valence-electron chi connectivity index (χ4n) is 0. The molecule has 0 spiro atoms. The predicted octanol–water partition coefficient (Wildman–Crippen LogP) is -3.47. The number of hydrogen-bond acceptors (Lipinski definition) is 0. The summed E-state index contributed by atoms with van der Waals surface area (Å²) >= 11 is 0. The standard InChI is InChI=1S/K.4O.Os/q+1;4*-2;. The van der Waals surface area contributed by atoms with E-state index in [1.807, 2.05) is 0 Å². The Bertz CT molecular complexity index is 7.51. The van der Waals surface area contributed by atoms with E-state index in [1.165, 1.54) is 0 Å². The summed E-state index contributed by atoms with van der Waals surface area (Å²) in [5.41, 5.74) is 0. The third-order valence-electron chi connectivity index (χ3n) is 0. The molecule has 0 heterocycles. The summed E-state index contributed by atoms with van der Waals surface area (Å²) in [7, 11) is 0. The minimum absolute atomic E-state index is 0. The quantitative estimate of drug-likeness (QED) is 0.413. The van der Waals surface area contributed by atoms with Crippen LogP contribution in [0.3, 0.4) is 0 Å². The second-order valence-electron chi connectivity index (χ2n) is 0. The van der Waals surface area contributed by atoms with Gasteiger partial charge in [0.05, 0.1) is 0 Å². The molecule has 0 aliphatic rings. The fraction of sp³-hybridized carbons (Fsp3) is 0. The molecule has 0 radical (unpaired) electrons. The van der Waals surface area contributed by atoms with E-state index in [-0.39, 0.29) is 93.1 Å². The summed E-state index contributed by atoms with van der Waals surface area (Å²) in [6, 6.07) is 0. The van der Waals surface area contributed by atoms with Crippen LogP contribution in [-0.2, 0) is 41.7 Å². The normalized spacial score (nSPS) is 0. The van der Waals surface area contributed by atoms with Gasteiger partial charge in [-0.15, -0.1) is 0 Å². The third-order valence-corrected chi connectivity index (χ3v) is 0. The van der Waals surface area contributed by atoms with Crippen molar-refractivity contribution in [3.05, 3.63) is 0 Å².